The average molecular weight is 313 g/mol. The number of hydrogen-bond donors (Lipinski definition) is 1. The normalized spacial score (nSPS) is 11.9. The van der Waals surface area contributed by atoms with Gasteiger partial charge in [-0.2, -0.15) is 0 Å². The Morgan fingerprint density at radius 3 is 2.43 bits per heavy atom. The van der Waals surface area contributed by atoms with Crippen LogP contribution < -0.4 is 5.32 Å². The lowest BCUT2D eigenvalue weighted by Gasteiger charge is -2.13. The maximum Gasteiger partial charge on any atom is 0.410 e. The molecule has 0 aliphatic carbocycles. The minimum Gasteiger partial charge on any atom is -0.428 e. The summed E-state index contributed by atoms with van der Waals surface area (Å²) in [5.41, 5.74) is 0.950. The molecule has 0 aliphatic rings. The van der Waals surface area contributed by atoms with Gasteiger partial charge in [-0.05, 0) is 24.6 Å². The minimum atomic E-state index is -0.658. The first kappa shape index (κ1) is 17.3. The van der Waals surface area contributed by atoms with E-state index in [0.717, 1.165) is 5.56 Å². The molecular formula is C15H19ClNO4. The van der Waals surface area contributed by atoms with Gasteiger partial charge in [0.25, 0.3) is 0 Å². The van der Waals surface area contributed by atoms with Gasteiger partial charge in [0.2, 0.25) is 6.79 Å². The van der Waals surface area contributed by atoms with Crippen molar-refractivity contribution >= 4 is 23.7 Å². The molecule has 1 amide bonds. The first-order chi connectivity index (χ1) is 9.90. The van der Waals surface area contributed by atoms with Crippen molar-refractivity contribution < 1.29 is 19.1 Å². The molecule has 1 atom stereocenters. The maximum absolute atomic E-state index is 11.4. The second kappa shape index (κ2) is 8.52. The number of carbonyl (C=O) groups is 2. The summed E-state index contributed by atoms with van der Waals surface area (Å²) in [6.07, 6.45) is -0.658. The van der Waals surface area contributed by atoms with Crippen molar-refractivity contribution in [2.45, 2.75) is 19.8 Å². The van der Waals surface area contributed by atoms with Crippen molar-refractivity contribution in [1.29, 1.82) is 0 Å². The molecule has 115 valence electrons. The van der Waals surface area contributed by atoms with Crippen LogP contribution in [-0.4, -0.2) is 25.4 Å². The lowest BCUT2D eigenvalue weighted by Crippen LogP contribution is -2.29. The number of rotatable bonds is 6. The molecule has 0 aromatic heterocycles. The molecule has 6 heteroatoms. The predicted octanol–water partition coefficient (Wildman–Crippen LogP) is 3.14. The Bertz CT molecular complexity index is 473. The summed E-state index contributed by atoms with van der Waals surface area (Å²) in [6, 6.07) is 7.21. The Kier molecular flexibility index (Phi) is 7.02. The molecule has 0 unspecified atom stereocenters. The molecule has 0 spiro atoms. The van der Waals surface area contributed by atoms with E-state index < -0.39 is 18.9 Å². The monoisotopic (exact) mass is 312 g/mol. The van der Waals surface area contributed by atoms with E-state index in [1.54, 1.807) is 26.0 Å². The molecule has 0 saturated carbocycles. The summed E-state index contributed by atoms with van der Waals surface area (Å²) < 4.78 is 9.45. The van der Waals surface area contributed by atoms with Crippen LogP contribution in [0.3, 0.4) is 0 Å². The third-order valence-electron chi connectivity index (χ3n) is 2.70. The van der Waals surface area contributed by atoms with E-state index in [0.29, 0.717) is 11.6 Å². The van der Waals surface area contributed by atoms with Crippen LogP contribution >= 0.6 is 11.6 Å². The highest BCUT2D eigenvalue weighted by Gasteiger charge is 2.11. The van der Waals surface area contributed by atoms with Crippen LogP contribution in [-0.2, 0) is 14.3 Å². The summed E-state index contributed by atoms with van der Waals surface area (Å²) in [5.74, 6) is -0.808. The first-order valence-electron chi connectivity index (χ1n) is 6.56. The fraction of sp³-hybridized carbons (Fsp3) is 0.400. The molecule has 21 heavy (non-hydrogen) atoms. The predicted molar refractivity (Wildman–Crippen MR) is 79.8 cm³/mol. The summed E-state index contributed by atoms with van der Waals surface area (Å²) >= 11 is 5.80. The third-order valence-corrected chi connectivity index (χ3v) is 2.95. The molecule has 1 radical (unpaired) electrons. The first-order valence-corrected chi connectivity index (χ1v) is 6.93. The van der Waals surface area contributed by atoms with E-state index in [1.807, 2.05) is 12.1 Å². The van der Waals surface area contributed by atoms with Gasteiger partial charge in [-0.15, -0.1) is 0 Å². The quantitative estimate of drug-likeness (QED) is 0.647. The van der Waals surface area contributed by atoms with Crippen molar-refractivity contribution in [3.8, 4) is 0 Å². The Morgan fingerprint density at radius 1 is 1.24 bits per heavy atom. The number of benzene rings is 1. The summed E-state index contributed by atoms with van der Waals surface area (Å²) in [7, 11) is 0. The number of halogens is 1. The van der Waals surface area contributed by atoms with Gasteiger partial charge < -0.3 is 14.8 Å². The third kappa shape index (κ3) is 6.49. The zero-order chi connectivity index (χ0) is 15.8. The summed E-state index contributed by atoms with van der Waals surface area (Å²) in [4.78, 5) is 22.6. The Hall–Kier alpha value is -1.75. The van der Waals surface area contributed by atoms with E-state index in [9.17, 15) is 9.59 Å². The van der Waals surface area contributed by atoms with Gasteiger partial charge >= 0.3 is 12.1 Å². The standard InChI is InChI=1S/C15H19ClNO4/c1-10(2)14(18)20-9-21-15(19)17-8-11(3)12-4-6-13(16)7-5-12/h4-7,10-11H,3,8-9H2,1-2H3,(H,17,19)/t11-/m1/s1. The van der Waals surface area contributed by atoms with Gasteiger partial charge in [0.15, 0.2) is 0 Å². The van der Waals surface area contributed by atoms with Gasteiger partial charge in [0, 0.05) is 17.5 Å². The Balaban J connectivity index is 2.26. The van der Waals surface area contributed by atoms with Gasteiger partial charge in [0.1, 0.15) is 0 Å². The lowest BCUT2D eigenvalue weighted by atomic mass is 10.0. The molecule has 0 bridgehead atoms. The van der Waals surface area contributed by atoms with Crippen LogP contribution in [0.25, 0.3) is 0 Å². The van der Waals surface area contributed by atoms with Crippen molar-refractivity contribution in [1.82, 2.24) is 5.32 Å². The van der Waals surface area contributed by atoms with Crippen molar-refractivity contribution in [2.24, 2.45) is 5.92 Å². The van der Waals surface area contributed by atoms with E-state index in [-0.39, 0.29) is 11.8 Å². The van der Waals surface area contributed by atoms with Crippen LogP contribution in [0.1, 0.15) is 25.3 Å². The smallest absolute Gasteiger partial charge is 0.410 e. The van der Waals surface area contributed by atoms with E-state index in [4.69, 9.17) is 21.1 Å². The van der Waals surface area contributed by atoms with Gasteiger partial charge in [0.05, 0.1) is 5.92 Å². The summed E-state index contributed by atoms with van der Waals surface area (Å²) in [5, 5.41) is 3.19. The molecule has 1 N–H and O–H groups in total. The fourth-order valence-electron chi connectivity index (χ4n) is 1.42. The highest BCUT2D eigenvalue weighted by Crippen LogP contribution is 2.16. The zero-order valence-electron chi connectivity index (χ0n) is 12.1. The number of hydrogen-bond acceptors (Lipinski definition) is 4. The number of alkyl carbamates (subject to hydrolysis) is 1. The molecule has 1 rings (SSSR count). The van der Waals surface area contributed by atoms with Crippen LogP contribution in [0, 0.1) is 12.8 Å². The van der Waals surface area contributed by atoms with Crippen LogP contribution in [0.5, 0.6) is 0 Å². The molecule has 0 heterocycles. The van der Waals surface area contributed by atoms with Gasteiger partial charge in [-0.1, -0.05) is 37.6 Å². The second-order valence-electron chi connectivity index (χ2n) is 4.80. The fourth-order valence-corrected chi connectivity index (χ4v) is 1.54. The SMILES string of the molecule is [CH2][C@H](CNC(=O)OCOC(=O)C(C)C)c1ccc(Cl)cc1. The molecule has 5 nitrogen and oxygen atoms in total. The second-order valence-corrected chi connectivity index (χ2v) is 5.23. The number of ether oxygens (including phenoxy) is 2. The molecule has 1 aromatic carbocycles. The average Bonchev–Trinajstić information content (AvgIpc) is 2.45. The van der Waals surface area contributed by atoms with Gasteiger partial charge in [-0.25, -0.2) is 4.79 Å². The Labute approximate surface area is 129 Å². The van der Waals surface area contributed by atoms with Crippen LogP contribution in [0.15, 0.2) is 24.3 Å². The highest BCUT2D eigenvalue weighted by molar-refractivity contribution is 6.30. The van der Waals surface area contributed by atoms with Crippen molar-refractivity contribution in [2.75, 3.05) is 13.3 Å². The maximum atomic E-state index is 11.4. The minimum absolute atomic E-state index is 0.131. The molecule has 1 aromatic rings. The molecule has 0 saturated heterocycles. The van der Waals surface area contributed by atoms with Crippen molar-refractivity contribution in [3.63, 3.8) is 0 Å². The lowest BCUT2D eigenvalue weighted by molar-refractivity contribution is -0.155. The zero-order valence-corrected chi connectivity index (χ0v) is 12.9. The largest absolute Gasteiger partial charge is 0.428 e. The highest BCUT2D eigenvalue weighted by atomic mass is 35.5. The van der Waals surface area contributed by atoms with Crippen LogP contribution in [0.4, 0.5) is 4.79 Å². The van der Waals surface area contributed by atoms with Crippen LogP contribution in [0.2, 0.25) is 5.02 Å². The topological polar surface area (TPSA) is 64.6 Å². The number of nitrogens with one attached hydrogen (secondary N) is 1. The van der Waals surface area contributed by atoms with E-state index >= 15 is 0 Å². The molecule has 0 aliphatic heterocycles. The molecule has 0 fully saturated rings. The Morgan fingerprint density at radius 2 is 1.86 bits per heavy atom. The van der Waals surface area contributed by atoms with E-state index in [1.165, 1.54) is 0 Å². The van der Waals surface area contributed by atoms with Gasteiger partial charge in [-0.3, -0.25) is 4.79 Å². The number of esters is 1. The molecular weight excluding hydrogens is 294 g/mol. The summed E-state index contributed by atoms with van der Waals surface area (Å²) in [6.45, 7) is 7.24. The number of amides is 1. The number of carbonyl (C=O) groups excluding carboxylic acids is 2. The van der Waals surface area contributed by atoms with E-state index in [2.05, 4.69) is 12.2 Å². The van der Waals surface area contributed by atoms with Crippen molar-refractivity contribution in [3.05, 3.63) is 41.8 Å².